The average molecular weight is 917 g/mol. The molecule has 64 heavy (non-hydrogen) atoms. The first-order valence-corrected chi connectivity index (χ1v) is 27.3. The summed E-state index contributed by atoms with van der Waals surface area (Å²) in [6.45, 7) is 5.47. The number of hydrogen-bond donors (Lipinski definition) is 1. The van der Waals surface area contributed by atoms with Crippen molar-refractivity contribution >= 4 is 13.8 Å². The minimum Gasteiger partial charge on any atom is -0.457 e. The summed E-state index contributed by atoms with van der Waals surface area (Å²) < 4.78 is 35.1. The Morgan fingerprint density at radius 2 is 0.906 bits per heavy atom. The van der Waals surface area contributed by atoms with Crippen LogP contribution in [-0.4, -0.2) is 75.6 Å². The molecular weight excluding hydrogens is 818 g/mol. The normalized spacial score (nSPS) is 14.3. The van der Waals surface area contributed by atoms with Crippen LogP contribution in [0.1, 0.15) is 200 Å². The summed E-state index contributed by atoms with van der Waals surface area (Å²) in [4.78, 5) is 23.0. The van der Waals surface area contributed by atoms with E-state index in [1.807, 2.05) is 21.1 Å². The number of likely N-dealkylation sites (N-methyl/N-ethyl adjacent to an activating group) is 1. The van der Waals surface area contributed by atoms with E-state index in [0.29, 0.717) is 24.1 Å². The van der Waals surface area contributed by atoms with Gasteiger partial charge < -0.3 is 18.9 Å². The first kappa shape index (κ1) is 61.7. The number of carbonyl (C=O) groups is 1. The fourth-order valence-corrected chi connectivity index (χ4v) is 7.47. The Morgan fingerprint density at radius 1 is 0.500 bits per heavy atom. The lowest BCUT2D eigenvalue weighted by Crippen LogP contribution is -2.37. The molecule has 0 amide bonds. The van der Waals surface area contributed by atoms with Gasteiger partial charge in [0.25, 0.3) is 0 Å². The van der Waals surface area contributed by atoms with Crippen LogP contribution >= 0.6 is 7.82 Å². The Balaban J connectivity index is 4.21. The van der Waals surface area contributed by atoms with Crippen molar-refractivity contribution in [3.8, 4) is 0 Å². The number of allylic oxidation sites excluding steroid dienone is 14. The van der Waals surface area contributed by atoms with E-state index in [0.717, 1.165) is 83.5 Å². The van der Waals surface area contributed by atoms with Gasteiger partial charge in [-0.1, -0.05) is 189 Å². The van der Waals surface area contributed by atoms with Gasteiger partial charge in [0.2, 0.25) is 0 Å². The van der Waals surface area contributed by atoms with Gasteiger partial charge in [-0.15, -0.1) is 0 Å². The van der Waals surface area contributed by atoms with Gasteiger partial charge in [-0.2, -0.15) is 0 Å². The lowest BCUT2D eigenvalue weighted by atomic mass is 10.1. The van der Waals surface area contributed by atoms with E-state index in [9.17, 15) is 14.3 Å². The Morgan fingerprint density at radius 3 is 1.38 bits per heavy atom. The highest BCUT2D eigenvalue weighted by Gasteiger charge is 2.26. The molecule has 2 unspecified atom stereocenters. The van der Waals surface area contributed by atoms with Gasteiger partial charge in [0.05, 0.1) is 34.4 Å². The zero-order valence-corrected chi connectivity index (χ0v) is 42.9. The summed E-state index contributed by atoms with van der Waals surface area (Å²) in [5.41, 5.74) is 0. The molecule has 0 radical (unpaired) electrons. The molecule has 370 valence electrons. The fraction of sp³-hybridized carbons (Fsp3) is 0.727. The van der Waals surface area contributed by atoms with Gasteiger partial charge in [0, 0.05) is 13.0 Å². The lowest BCUT2D eigenvalue weighted by molar-refractivity contribution is -0.870. The second kappa shape index (κ2) is 47.2. The van der Waals surface area contributed by atoms with E-state index in [4.69, 9.17) is 18.5 Å². The van der Waals surface area contributed by atoms with Crippen molar-refractivity contribution in [1.29, 1.82) is 0 Å². The number of phosphoric acid groups is 1. The summed E-state index contributed by atoms with van der Waals surface area (Å²) in [7, 11) is 1.64. The maximum atomic E-state index is 12.8. The SMILES string of the molecule is CC/C=C\C/C=C\C/C=C\C/C=C\C/C=C\C/C=C\CCCCCCCCC(=O)OC(COCCCCCCCC/C=C\CCCCCCCCC)COP(=O)(O)OCC[N+](C)(C)C. The van der Waals surface area contributed by atoms with E-state index in [2.05, 4.69) is 98.9 Å². The molecule has 0 aromatic heterocycles. The molecule has 0 aliphatic rings. The van der Waals surface area contributed by atoms with E-state index in [-0.39, 0.29) is 25.8 Å². The minimum atomic E-state index is -4.29. The number of ether oxygens (including phenoxy) is 2. The second-order valence-electron chi connectivity index (χ2n) is 18.2. The number of rotatable bonds is 47. The van der Waals surface area contributed by atoms with Crippen molar-refractivity contribution in [2.24, 2.45) is 0 Å². The van der Waals surface area contributed by atoms with Gasteiger partial charge in [0.1, 0.15) is 19.3 Å². The molecule has 0 heterocycles. The number of hydrogen-bond acceptors (Lipinski definition) is 6. The van der Waals surface area contributed by atoms with E-state index >= 15 is 0 Å². The monoisotopic (exact) mass is 917 g/mol. The van der Waals surface area contributed by atoms with Crippen LogP contribution < -0.4 is 0 Å². The Hall–Kier alpha value is -2.32. The van der Waals surface area contributed by atoms with Crippen molar-refractivity contribution in [2.75, 3.05) is 54.1 Å². The van der Waals surface area contributed by atoms with Crippen LogP contribution in [-0.2, 0) is 27.9 Å². The van der Waals surface area contributed by atoms with Gasteiger partial charge in [-0.25, -0.2) is 4.57 Å². The molecule has 0 fully saturated rings. The molecule has 0 bridgehead atoms. The van der Waals surface area contributed by atoms with Gasteiger partial charge in [0.15, 0.2) is 0 Å². The van der Waals surface area contributed by atoms with E-state index in [1.54, 1.807) is 0 Å². The predicted octanol–water partition coefficient (Wildman–Crippen LogP) is 16.0. The third kappa shape index (κ3) is 50.7. The smallest absolute Gasteiger partial charge is 0.457 e. The first-order chi connectivity index (χ1) is 31.1. The largest absolute Gasteiger partial charge is 0.472 e. The molecule has 0 saturated heterocycles. The number of quaternary nitrogens is 1. The summed E-state index contributed by atoms with van der Waals surface area (Å²) in [5.74, 6) is -0.332. The molecule has 0 saturated carbocycles. The summed E-state index contributed by atoms with van der Waals surface area (Å²) >= 11 is 0. The third-order valence-electron chi connectivity index (χ3n) is 10.7. The van der Waals surface area contributed by atoms with Gasteiger partial charge >= 0.3 is 13.8 Å². The van der Waals surface area contributed by atoms with Crippen molar-refractivity contribution < 1.29 is 37.3 Å². The lowest BCUT2D eigenvalue weighted by Gasteiger charge is -2.24. The quantitative estimate of drug-likeness (QED) is 0.0214. The molecule has 0 aromatic carbocycles. The fourth-order valence-electron chi connectivity index (χ4n) is 6.73. The topological polar surface area (TPSA) is 91.3 Å². The highest BCUT2D eigenvalue weighted by molar-refractivity contribution is 7.47. The van der Waals surface area contributed by atoms with Crippen LogP contribution in [0.2, 0.25) is 0 Å². The number of nitrogens with zero attached hydrogens (tertiary/aromatic N) is 1. The van der Waals surface area contributed by atoms with Gasteiger partial charge in [-0.05, 0) is 89.9 Å². The predicted molar refractivity (Wildman–Crippen MR) is 275 cm³/mol. The standard InChI is InChI=1S/C55H98NO7P/c1-6-8-10-12-14-16-18-20-22-24-25-26-27-28-29-30-31-32-34-36-38-40-42-44-46-48-55(57)63-54(53-62-64(58,59)61-51-49-56(3,4)5)52-60-50-47-45-43-41-39-37-35-33-23-21-19-17-15-13-11-9-7-2/h8,10,14,16,20,22-23,25-26,28-29,31-33,54H,6-7,9,11-13,15,17-19,21,24,27,30,34-53H2,1-5H3/p+1/b10-8-,16-14-,22-20-,26-25-,29-28-,32-31-,33-23-. The summed E-state index contributed by atoms with van der Waals surface area (Å²) in [6, 6.07) is 0. The van der Waals surface area contributed by atoms with Crippen molar-refractivity contribution in [3.05, 3.63) is 85.1 Å². The number of unbranched alkanes of at least 4 members (excludes halogenated alkanes) is 19. The third-order valence-corrected chi connectivity index (χ3v) is 11.7. The minimum absolute atomic E-state index is 0.0801. The van der Waals surface area contributed by atoms with Gasteiger partial charge in [-0.3, -0.25) is 13.8 Å². The van der Waals surface area contributed by atoms with Crippen LogP contribution in [0.3, 0.4) is 0 Å². The zero-order valence-electron chi connectivity index (χ0n) is 42.0. The van der Waals surface area contributed by atoms with E-state index in [1.165, 1.54) is 96.3 Å². The highest BCUT2D eigenvalue weighted by atomic mass is 31.2. The van der Waals surface area contributed by atoms with Crippen LogP contribution in [0.5, 0.6) is 0 Å². The molecule has 0 aromatic rings. The molecular formula is C55H99NO7P+. The molecule has 0 rings (SSSR count). The summed E-state index contributed by atoms with van der Waals surface area (Å²) in [5, 5.41) is 0. The van der Waals surface area contributed by atoms with Crippen LogP contribution in [0, 0.1) is 0 Å². The number of carbonyl (C=O) groups excluding carboxylic acids is 1. The maximum absolute atomic E-state index is 12.8. The Bertz CT molecular complexity index is 1300. The molecule has 0 aliphatic heterocycles. The highest BCUT2D eigenvalue weighted by Crippen LogP contribution is 2.43. The van der Waals surface area contributed by atoms with Crippen LogP contribution in [0.4, 0.5) is 0 Å². The molecule has 1 N–H and O–H groups in total. The average Bonchev–Trinajstić information content (AvgIpc) is 3.25. The zero-order chi connectivity index (χ0) is 46.9. The van der Waals surface area contributed by atoms with E-state index < -0.39 is 13.9 Å². The Kier molecular flexibility index (Phi) is 45.5. The van der Waals surface area contributed by atoms with Crippen molar-refractivity contribution in [1.82, 2.24) is 0 Å². The van der Waals surface area contributed by atoms with Crippen LogP contribution in [0.25, 0.3) is 0 Å². The second-order valence-corrected chi connectivity index (χ2v) is 19.6. The number of phosphoric ester groups is 1. The molecule has 0 spiro atoms. The Labute approximate surface area is 395 Å². The maximum Gasteiger partial charge on any atom is 0.472 e. The first-order valence-electron chi connectivity index (χ1n) is 25.8. The molecule has 0 aliphatic carbocycles. The van der Waals surface area contributed by atoms with Crippen molar-refractivity contribution in [2.45, 2.75) is 206 Å². The molecule has 8 nitrogen and oxygen atoms in total. The number of esters is 1. The molecule has 2 atom stereocenters. The summed E-state index contributed by atoms with van der Waals surface area (Å²) in [6.07, 6.45) is 63.4. The van der Waals surface area contributed by atoms with Crippen LogP contribution in [0.15, 0.2) is 85.1 Å². The molecule has 9 heteroatoms. The van der Waals surface area contributed by atoms with Crippen molar-refractivity contribution in [3.63, 3.8) is 0 Å².